The molecule has 1 fully saturated rings. The minimum Gasteiger partial charge on any atom is -0.497 e. The van der Waals surface area contributed by atoms with E-state index in [0.717, 1.165) is 29.3 Å². The summed E-state index contributed by atoms with van der Waals surface area (Å²) >= 11 is 5.98. The summed E-state index contributed by atoms with van der Waals surface area (Å²) in [5, 5.41) is 8.23. The fourth-order valence-electron chi connectivity index (χ4n) is 4.82. The Morgan fingerprint density at radius 1 is 1.19 bits per heavy atom. The SMILES string of the molecule is COc1ccc(C(C)N(Cc2cccnc2)C(=S)NC2CC(C)(C)NC(C)(C)C2)cc1. The highest BCUT2D eigenvalue weighted by atomic mass is 32.1. The zero-order valence-electron chi connectivity index (χ0n) is 19.6. The molecule has 0 saturated carbocycles. The van der Waals surface area contributed by atoms with Crippen molar-refractivity contribution in [3.8, 4) is 5.75 Å². The lowest BCUT2D eigenvalue weighted by Crippen LogP contribution is -2.62. The number of hydrogen-bond acceptors (Lipinski definition) is 4. The Morgan fingerprint density at radius 2 is 1.84 bits per heavy atom. The second-order valence-corrected chi connectivity index (χ2v) is 10.3. The van der Waals surface area contributed by atoms with E-state index in [1.165, 1.54) is 5.56 Å². The highest BCUT2D eigenvalue weighted by Crippen LogP contribution is 2.30. The number of methoxy groups -OCH3 is 1. The Morgan fingerprint density at radius 3 is 2.39 bits per heavy atom. The van der Waals surface area contributed by atoms with Gasteiger partial charge in [0, 0.05) is 36.1 Å². The van der Waals surface area contributed by atoms with Crippen molar-refractivity contribution in [1.29, 1.82) is 0 Å². The topological polar surface area (TPSA) is 49.4 Å². The number of nitrogens with zero attached hydrogens (tertiary/aromatic N) is 2. The molecule has 0 radical (unpaired) electrons. The molecule has 0 amide bonds. The molecule has 2 heterocycles. The fraction of sp³-hybridized carbons (Fsp3) is 0.520. The van der Waals surface area contributed by atoms with Gasteiger partial charge in [-0.05, 0) is 89.0 Å². The van der Waals surface area contributed by atoms with Gasteiger partial charge in [-0.15, -0.1) is 0 Å². The standard InChI is InChI=1S/C25H36N4OS/c1-18(20-9-11-22(30-6)12-10-20)29(17-19-8-7-13-26-16-19)23(31)27-21-14-24(2,3)28-25(4,5)15-21/h7-13,16,18,21,28H,14-15,17H2,1-6H3,(H,27,31). The van der Waals surface area contributed by atoms with Crippen molar-refractivity contribution in [1.82, 2.24) is 20.5 Å². The van der Waals surface area contributed by atoms with E-state index in [1.54, 1.807) is 13.3 Å². The quantitative estimate of drug-likeness (QED) is 0.627. The van der Waals surface area contributed by atoms with Gasteiger partial charge in [0.1, 0.15) is 5.75 Å². The molecule has 31 heavy (non-hydrogen) atoms. The normalized spacial score (nSPS) is 18.8. The zero-order chi connectivity index (χ0) is 22.6. The van der Waals surface area contributed by atoms with E-state index < -0.39 is 0 Å². The van der Waals surface area contributed by atoms with Gasteiger partial charge < -0.3 is 20.3 Å². The first-order chi connectivity index (χ1) is 14.6. The molecule has 3 rings (SSSR count). The molecule has 2 N–H and O–H groups in total. The molecule has 0 bridgehead atoms. The van der Waals surface area contributed by atoms with Crippen molar-refractivity contribution < 1.29 is 4.74 Å². The molecule has 6 heteroatoms. The first-order valence-electron chi connectivity index (χ1n) is 11.0. The van der Waals surface area contributed by atoms with E-state index in [9.17, 15) is 0 Å². The van der Waals surface area contributed by atoms with E-state index >= 15 is 0 Å². The Balaban J connectivity index is 1.81. The predicted octanol–water partition coefficient (Wildman–Crippen LogP) is 4.84. The third-order valence-electron chi connectivity index (χ3n) is 5.92. The Kier molecular flexibility index (Phi) is 7.22. The lowest BCUT2D eigenvalue weighted by Gasteiger charge is -2.47. The smallest absolute Gasteiger partial charge is 0.169 e. The van der Waals surface area contributed by atoms with E-state index in [0.29, 0.717) is 12.6 Å². The average molecular weight is 441 g/mol. The van der Waals surface area contributed by atoms with Crippen LogP contribution in [0.1, 0.15) is 64.6 Å². The first-order valence-corrected chi connectivity index (χ1v) is 11.4. The highest BCUT2D eigenvalue weighted by molar-refractivity contribution is 7.80. The summed E-state index contributed by atoms with van der Waals surface area (Å²) in [5.74, 6) is 0.856. The molecule has 1 saturated heterocycles. The number of piperidine rings is 1. The number of pyridine rings is 1. The van der Waals surface area contributed by atoms with E-state index in [2.05, 4.69) is 73.3 Å². The summed E-state index contributed by atoms with van der Waals surface area (Å²) in [6.07, 6.45) is 5.76. The maximum absolute atomic E-state index is 5.98. The summed E-state index contributed by atoms with van der Waals surface area (Å²) in [6.45, 7) is 11.9. The third-order valence-corrected chi connectivity index (χ3v) is 6.27. The molecule has 1 unspecified atom stereocenters. The van der Waals surface area contributed by atoms with Gasteiger partial charge >= 0.3 is 0 Å². The van der Waals surface area contributed by atoms with Crippen LogP contribution in [0.3, 0.4) is 0 Å². The lowest BCUT2D eigenvalue weighted by molar-refractivity contribution is 0.152. The number of hydrogen-bond donors (Lipinski definition) is 2. The molecule has 1 aromatic heterocycles. The number of thiocarbonyl (C=S) groups is 1. The summed E-state index contributed by atoms with van der Waals surface area (Å²) in [6, 6.07) is 12.7. The maximum Gasteiger partial charge on any atom is 0.169 e. The minimum absolute atomic E-state index is 0.0603. The summed E-state index contributed by atoms with van der Waals surface area (Å²) in [7, 11) is 1.69. The van der Waals surface area contributed by atoms with Crippen LogP contribution >= 0.6 is 12.2 Å². The maximum atomic E-state index is 5.98. The molecule has 5 nitrogen and oxygen atoms in total. The van der Waals surface area contributed by atoms with Gasteiger partial charge in [-0.3, -0.25) is 4.98 Å². The Labute approximate surface area is 192 Å². The second kappa shape index (κ2) is 9.53. The van der Waals surface area contributed by atoms with Crippen molar-refractivity contribution in [3.63, 3.8) is 0 Å². The van der Waals surface area contributed by atoms with Gasteiger partial charge in [0.2, 0.25) is 0 Å². The molecule has 1 atom stereocenters. The number of ether oxygens (including phenoxy) is 1. The minimum atomic E-state index is 0.0603. The van der Waals surface area contributed by atoms with Gasteiger partial charge in [-0.1, -0.05) is 18.2 Å². The van der Waals surface area contributed by atoms with Gasteiger partial charge in [0.25, 0.3) is 0 Å². The molecule has 0 aliphatic carbocycles. The van der Waals surface area contributed by atoms with Gasteiger partial charge in [0.05, 0.1) is 13.2 Å². The van der Waals surface area contributed by atoms with Crippen LogP contribution in [0.2, 0.25) is 0 Å². The molecule has 1 aliphatic rings. The molecular formula is C25H36N4OS. The first kappa shape index (κ1) is 23.5. The summed E-state index contributed by atoms with van der Waals surface area (Å²) in [5.41, 5.74) is 2.45. The van der Waals surface area contributed by atoms with Crippen LogP contribution in [0.5, 0.6) is 5.75 Å². The van der Waals surface area contributed by atoms with Gasteiger partial charge in [-0.2, -0.15) is 0 Å². The third kappa shape index (κ3) is 6.40. The molecule has 1 aliphatic heterocycles. The van der Waals surface area contributed by atoms with Crippen LogP contribution in [0, 0.1) is 0 Å². The number of aromatic nitrogens is 1. The van der Waals surface area contributed by atoms with Gasteiger partial charge in [0.15, 0.2) is 5.11 Å². The van der Waals surface area contributed by atoms with Crippen molar-refractivity contribution in [2.24, 2.45) is 0 Å². The average Bonchev–Trinajstić information content (AvgIpc) is 2.70. The Bertz CT molecular complexity index is 851. The monoisotopic (exact) mass is 440 g/mol. The molecule has 2 aromatic rings. The second-order valence-electron chi connectivity index (χ2n) is 9.89. The van der Waals surface area contributed by atoms with Crippen molar-refractivity contribution in [2.45, 2.75) is 77.2 Å². The zero-order valence-corrected chi connectivity index (χ0v) is 20.4. The molecule has 1 aromatic carbocycles. The largest absolute Gasteiger partial charge is 0.497 e. The van der Waals surface area contributed by atoms with E-state index in [-0.39, 0.29) is 17.1 Å². The molecule has 168 valence electrons. The van der Waals surface area contributed by atoms with Crippen LogP contribution in [-0.2, 0) is 6.54 Å². The summed E-state index contributed by atoms with van der Waals surface area (Å²) < 4.78 is 5.33. The number of benzene rings is 1. The van der Waals surface area contributed by atoms with Crippen LogP contribution in [0.15, 0.2) is 48.8 Å². The molecular weight excluding hydrogens is 404 g/mol. The van der Waals surface area contributed by atoms with Crippen molar-refractivity contribution >= 4 is 17.3 Å². The number of rotatable bonds is 6. The predicted molar refractivity (Wildman–Crippen MR) is 131 cm³/mol. The van der Waals surface area contributed by atoms with E-state index in [4.69, 9.17) is 17.0 Å². The Hall–Kier alpha value is -2.18. The van der Waals surface area contributed by atoms with Crippen LogP contribution < -0.4 is 15.4 Å². The van der Waals surface area contributed by atoms with Crippen LogP contribution in [0.4, 0.5) is 0 Å². The van der Waals surface area contributed by atoms with Crippen molar-refractivity contribution in [3.05, 3.63) is 59.9 Å². The van der Waals surface area contributed by atoms with Gasteiger partial charge in [-0.25, -0.2) is 0 Å². The van der Waals surface area contributed by atoms with Crippen LogP contribution in [-0.4, -0.2) is 39.2 Å². The summed E-state index contributed by atoms with van der Waals surface area (Å²) in [4.78, 5) is 6.55. The number of nitrogens with one attached hydrogen (secondary N) is 2. The van der Waals surface area contributed by atoms with E-state index in [1.807, 2.05) is 24.4 Å². The van der Waals surface area contributed by atoms with Crippen molar-refractivity contribution in [2.75, 3.05) is 7.11 Å². The lowest BCUT2D eigenvalue weighted by atomic mass is 9.80. The fourth-order valence-corrected chi connectivity index (χ4v) is 5.21. The van der Waals surface area contributed by atoms with Crippen LogP contribution in [0.25, 0.3) is 0 Å². The highest BCUT2D eigenvalue weighted by Gasteiger charge is 2.38. The molecule has 0 spiro atoms.